The van der Waals surface area contributed by atoms with E-state index in [2.05, 4.69) is 42.1 Å². The number of hydrogen-bond acceptors (Lipinski definition) is 4. The van der Waals surface area contributed by atoms with Gasteiger partial charge in [0.15, 0.2) is 0 Å². The highest BCUT2D eigenvalue weighted by atomic mass is 16.2. The van der Waals surface area contributed by atoms with Gasteiger partial charge in [-0.05, 0) is 73.4 Å². The molecule has 0 radical (unpaired) electrons. The van der Waals surface area contributed by atoms with Crippen molar-refractivity contribution in [2.75, 3.05) is 29.9 Å². The molecule has 0 bridgehead atoms. The molecule has 5 rings (SSSR count). The predicted molar refractivity (Wildman–Crippen MR) is 136 cm³/mol. The number of anilines is 3. The molecule has 2 aliphatic heterocycles. The van der Waals surface area contributed by atoms with Crippen molar-refractivity contribution >= 4 is 35.0 Å². The van der Waals surface area contributed by atoms with Crippen LogP contribution in [-0.2, 0) is 11.2 Å². The highest BCUT2D eigenvalue weighted by molar-refractivity contribution is 6.19. The number of likely N-dealkylation sites (N-methyl/N-ethyl adjacent to an activating group) is 1. The van der Waals surface area contributed by atoms with Crippen LogP contribution in [0.2, 0.25) is 0 Å². The third-order valence-corrected chi connectivity index (χ3v) is 6.26. The lowest BCUT2D eigenvalue weighted by Gasteiger charge is -2.30. The van der Waals surface area contributed by atoms with E-state index in [1.165, 1.54) is 11.3 Å². The number of carbonyl (C=O) groups is 1. The largest absolute Gasteiger partial charge is 0.374 e. The second-order valence-electron chi connectivity index (χ2n) is 8.41. The zero-order chi connectivity index (χ0) is 22.8. The van der Waals surface area contributed by atoms with Crippen molar-refractivity contribution in [3.8, 4) is 0 Å². The Labute approximate surface area is 195 Å². The lowest BCUT2D eigenvalue weighted by Crippen LogP contribution is -2.38. The number of para-hydroxylation sites is 2. The van der Waals surface area contributed by atoms with Gasteiger partial charge in [-0.2, -0.15) is 4.99 Å². The fourth-order valence-electron chi connectivity index (χ4n) is 4.64. The summed E-state index contributed by atoms with van der Waals surface area (Å²) < 4.78 is 0. The summed E-state index contributed by atoms with van der Waals surface area (Å²) in [6.45, 7) is 3.78. The van der Waals surface area contributed by atoms with Crippen LogP contribution in [0.3, 0.4) is 0 Å². The molecule has 0 fully saturated rings. The molecule has 5 nitrogen and oxygen atoms in total. The molecule has 0 saturated carbocycles. The Hall–Kier alpha value is -3.86. The van der Waals surface area contributed by atoms with Gasteiger partial charge in [-0.3, -0.25) is 9.69 Å². The summed E-state index contributed by atoms with van der Waals surface area (Å²) in [5.74, 6) is 0.419. The van der Waals surface area contributed by atoms with Gasteiger partial charge < -0.3 is 9.80 Å². The molecule has 5 heteroatoms. The molecule has 0 aliphatic carbocycles. The SMILES string of the molecule is CCN1C(N(c2ccccc2)c2ccccc2)=NC(=O)/C1=C\c1ccc2c(c1)CCCN2C. The van der Waals surface area contributed by atoms with E-state index in [4.69, 9.17) is 0 Å². The summed E-state index contributed by atoms with van der Waals surface area (Å²) in [6, 6.07) is 26.6. The molecule has 3 aromatic carbocycles. The molecular formula is C28H28N4O. The molecule has 166 valence electrons. The summed E-state index contributed by atoms with van der Waals surface area (Å²) >= 11 is 0. The maximum Gasteiger partial charge on any atom is 0.296 e. The predicted octanol–water partition coefficient (Wildman–Crippen LogP) is 5.47. The summed E-state index contributed by atoms with van der Waals surface area (Å²) in [5, 5.41) is 0. The minimum Gasteiger partial charge on any atom is -0.374 e. The first-order chi connectivity index (χ1) is 16.2. The topological polar surface area (TPSA) is 39.1 Å². The molecule has 3 aromatic rings. The van der Waals surface area contributed by atoms with Crippen LogP contribution >= 0.6 is 0 Å². The van der Waals surface area contributed by atoms with Crippen LogP contribution in [-0.4, -0.2) is 36.9 Å². The number of aliphatic imine (C=N–C) groups is 1. The Morgan fingerprint density at radius 3 is 2.27 bits per heavy atom. The normalized spacial score (nSPS) is 16.7. The molecule has 0 aromatic heterocycles. The molecule has 33 heavy (non-hydrogen) atoms. The van der Waals surface area contributed by atoms with E-state index in [0.29, 0.717) is 18.2 Å². The van der Waals surface area contributed by atoms with Gasteiger partial charge in [-0.15, -0.1) is 0 Å². The number of fused-ring (bicyclic) bond motifs is 1. The van der Waals surface area contributed by atoms with E-state index < -0.39 is 0 Å². The number of hydrogen-bond donors (Lipinski definition) is 0. The average Bonchev–Trinajstić information content (AvgIpc) is 3.15. The van der Waals surface area contributed by atoms with Crippen LogP contribution < -0.4 is 9.80 Å². The number of guanidine groups is 1. The summed E-state index contributed by atoms with van der Waals surface area (Å²) in [5.41, 5.74) is 6.19. The maximum absolute atomic E-state index is 13.1. The highest BCUT2D eigenvalue weighted by Gasteiger charge is 2.33. The van der Waals surface area contributed by atoms with Gasteiger partial charge in [0.1, 0.15) is 5.70 Å². The molecule has 0 N–H and O–H groups in total. The van der Waals surface area contributed by atoms with Gasteiger partial charge in [0, 0.05) is 37.2 Å². The van der Waals surface area contributed by atoms with Crippen LogP contribution in [0.4, 0.5) is 17.1 Å². The second kappa shape index (κ2) is 8.94. The van der Waals surface area contributed by atoms with Crippen LogP contribution in [0.25, 0.3) is 6.08 Å². The van der Waals surface area contributed by atoms with Crippen LogP contribution in [0.1, 0.15) is 24.5 Å². The molecule has 1 amide bonds. The van der Waals surface area contributed by atoms with Crippen molar-refractivity contribution in [1.82, 2.24) is 4.90 Å². The first-order valence-corrected chi connectivity index (χ1v) is 11.5. The molecule has 0 unspecified atom stereocenters. The number of rotatable bonds is 4. The molecule has 0 saturated heterocycles. The summed E-state index contributed by atoms with van der Waals surface area (Å²) in [4.78, 5) is 24.0. The van der Waals surface area contributed by atoms with Crippen molar-refractivity contribution < 1.29 is 4.79 Å². The first kappa shape index (κ1) is 21.0. The first-order valence-electron chi connectivity index (χ1n) is 11.5. The van der Waals surface area contributed by atoms with Gasteiger partial charge in [0.2, 0.25) is 5.96 Å². The Morgan fingerprint density at radius 1 is 0.970 bits per heavy atom. The van der Waals surface area contributed by atoms with E-state index in [0.717, 1.165) is 36.3 Å². The summed E-state index contributed by atoms with van der Waals surface area (Å²) in [6.07, 6.45) is 4.20. The third kappa shape index (κ3) is 4.02. The van der Waals surface area contributed by atoms with Crippen molar-refractivity contribution in [2.24, 2.45) is 4.99 Å². The fraction of sp³-hybridized carbons (Fsp3) is 0.214. The summed E-state index contributed by atoms with van der Waals surface area (Å²) in [7, 11) is 2.14. The van der Waals surface area contributed by atoms with E-state index in [1.807, 2.05) is 76.5 Å². The Bertz CT molecular complexity index is 1180. The molecular weight excluding hydrogens is 408 g/mol. The van der Waals surface area contributed by atoms with Crippen LogP contribution in [0, 0.1) is 0 Å². The minimum atomic E-state index is -0.210. The maximum atomic E-state index is 13.1. The van der Waals surface area contributed by atoms with Gasteiger partial charge in [-0.1, -0.05) is 42.5 Å². The van der Waals surface area contributed by atoms with Gasteiger partial charge in [0.25, 0.3) is 5.91 Å². The lowest BCUT2D eigenvalue weighted by atomic mass is 9.99. The Kier molecular flexibility index (Phi) is 5.69. The highest BCUT2D eigenvalue weighted by Crippen LogP contribution is 2.32. The van der Waals surface area contributed by atoms with Gasteiger partial charge >= 0.3 is 0 Å². The second-order valence-corrected chi connectivity index (χ2v) is 8.41. The molecule has 0 spiro atoms. The minimum absolute atomic E-state index is 0.210. The zero-order valence-corrected chi connectivity index (χ0v) is 19.1. The van der Waals surface area contributed by atoms with Gasteiger partial charge in [-0.25, -0.2) is 0 Å². The van der Waals surface area contributed by atoms with Crippen LogP contribution in [0.5, 0.6) is 0 Å². The quantitative estimate of drug-likeness (QED) is 0.509. The third-order valence-electron chi connectivity index (χ3n) is 6.26. The fourth-order valence-corrected chi connectivity index (χ4v) is 4.64. The molecule has 0 atom stereocenters. The van der Waals surface area contributed by atoms with E-state index >= 15 is 0 Å². The smallest absolute Gasteiger partial charge is 0.296 e. The molecule has 2 heterocycles. The van der Waals surface area contributed by atoms with Crippen LogP contribution in [0.15, 0.2) is 89.6 Å². The number of benzene rings is 3. The van der Waals surface area contributed by atoms with Crippen molar-refractivity contribution in [1.29, 1.82) is 0 Å². The Morgan fingerprint density at radius 2 is 1.64 bits per heavy atom. The van der Waals surface area contributed by atoms with E-state index in [1.54, 1.807) is 0 Å². The average molecular weight is 437 g/mol. The van der Waals surface area contributed by atoms with E-state index in [-0.39, 0.29) is 5.91 Å². The van der Waals surface area contributed by atoms with Crippen molar-refractivity contribution in [3.63, 3.8) is 0 Å². The lowest BCUT2D eigenvalue weighted by molar-refractivity contribution is -0.114. The number of aryl methyl sites for hydroxylation is 1. The molecule has 2 aliphatic rings. The zero-order valence-electron chi connectivity index (χ0n) is 19.1. The number of nitrogens with zero attached hydrogens (tertiary/aromatic N) is 4. The monoisotopic (exact) mass is 436 g/mol. The van der Waals surface area contributed by atoms with E-state index in [9.17, 15) is 4.79 Å². The van der Waals surface area contributed by atoms with Gasteiger partial charge in [0.05, 0.1) is 0 Å². The number of carbonyl (C=O) groups excluding carboxylic acids is 1. The van der Waals surface area contributed by atoms with Crippen molar-refractivity contribution in [3.05, 3.63) is 95.7 Å². The number of amides is 1. The van der Waals surface area contributed by atoms with Crippen molar-refractivity contribution in [2.45, 2.75) is 19.8 Å². The Balaban J connectivity index is 1.54. The standard InChI is InChI=1S/C28H28N4O/c1-3-31-26(20-21-16-17-25-22(19-21)11-10-18-30(25)2)27(33)29-28(31)32(23-12-6-4-7-13-23)24-14-8-5-9-15-24/h4-9,12-17,19-20H,3,10-11,18H2,1-2H3/b26-20+.